The van der Waals surface area contributed by atoms with Crippen LogP contribution >= 0.6 is 11.6 Å². The minimum atomic E-state index is 0.552. The van der Waals surface area contributed by atoms with Gasteiger partial charge in [-0.05, 0) is 18.6 Å². The molecule has 0 N–H and O–H groups in total. The Hall–Kier alpha value is -0.730. The van der Waals surface area contributed by atoms with Gasteiger partial charge in [0, 0.05) is 25.2 Å². The van der Waals surface area contributed by atoms with Crippen LogP contribution in [-0.4, -0.2) is 25.2 Å². The molecule has 73 valence electrons. The first kappa shape index (κ1) is 8.57. The first-order valence-corrected chi connectivity index (χ1v) is 5.40. The average Bonchev–Trinajstić information content (AvgIpc) is 2.79. The van der Waals surface area contributed by atoms with Crippen molar-refractivity contribution in [2.24, 2.45) is 0 Å². The van der Waals surface area contributed by atoms with Gasteiger partial charge in [-0.1, -0.05) is 23.7 Å². The van der Waals surface area contributed by atoms with Crippen LogP contribution in [0.2, 0.25) is 5.02 Å². The van der Waals surface area contributed by atoms with Crippen LogP contribution in [0.5, 0.6) is 0 Å². The van der Waals surface area contributed by atoms with Crippen molar-refractivity contribution in [1.82, 2.24) is 5.32 Å². The second-order valence-corrected chi connectivity index (χ2v) is 4.42. The largest absolute Gasteiger partial charge is 0.364 e. The summed E-state index contributed by atoms with van der Waals surface area (Å²) in [5.41, 5.74) is 1.18. The first-order chi connectivity index (χ1) is 6.84. The van der Waals surface area contributed by atoms with Gasteiger partial charge >= 0.3 is 0 Å². The highest BCUT2D eigenvalue weighted by Gasteiger charge is 2.39. The van der Waals surface area contributed by atoms with Gasteiger partial charge in [0.05, 0.1) is 10.7 Å². The van der Waals surface area contributed by atoms with Crippen LogP contribution in [0.4, 0.5) is 5.69 Å². The Morgan fingerprint density at radius 1 is 1.36 bits per heavy atom. The Balaban J connectivity index is 1.93. The Bertz CT molecular complexity index is 353. The van der Waals surface area contributed by atoms with E-state index >= 15 is 0 Å². The first-order valence-electron chi connectivity index (χ1n) is 5.02. The molecule has 14 heavy (non-hydrogen) atoms. The molecule has 0 aliphatic carbocycles. The third-order valence-corrected chi connectivity index (χ3v) is 3.45. The van der Waals surface area contributed by atoms with E-state index in [1.165, 1.54) is 12.1 Å². The molecule has 1 aromatic rings. The Morgan fingerprint density at radius 2 is 2.21 bits per heavy atom. The molecular formula is C11H12ClN2. The summed E-state index contributed by atoms with van der Waals surface area (Å²) in [7, 11) is 0. The quantitative estimate of drug-likeness (QED) is 0.688. The van der Waals surface area contributed by atoms with Crippen LogP contribution in [0.1, 0.15) is 6.42 Å². The zero-order valence-electron chi connectivity index (χ0n) is 7.86. The van der Waals surface area contributed by atoms with Crippen LogP contribution < -0.4 is 10.2 Å². The van der Waals surface area contributed by atoms with Crippen molar-refractivity contribution in [3.8, 4) is 0 Å². The molecule has 0 spiro atoms. The zero-order valence-corrected chi connectivity index (χ0v) is 8.61. The highest BCUT2D eigenvalue weighted by Crippen LogP contribution is 2.34. The molecule has 0 unspecified atom stereocenters. The van der Waals surface area contributed by atoms with Crippen LogP contribution in [-0.2, 0) is 0 Å². The highest BCUT2D eigenvalue weighted by atomic mass is 35.5. The Labute approximate surface area is 88.9 Å². The lowest BCUT2D eigenvalue weighted by Gasteiger charge is -2.29. The van der Waals surface area contributed by atoms with Gasteiger partial charge in [-0.15, -0.1) is 0 Å². The molecular weight excluding hydrogens is 196 g/mol. The molecule has 2 aliphatic heterocycles. The van der Waals surface area contributed by atoms with Gasteiger partial charge in [-0.3, -0.25) is 0 Å². The third-order valence-electron chi connectivity index (χ3n) is 3.13. The summed E-state index contributed by atoms with van der Waals surface area (Å²) in [4.78, 5) is 2.40. The summed E-state index contributed by atoms with van der Waals surface area (Å²) < 4.78 is 0. The number of nitrogens with zero attached hydrogens (tertiary/aromatic N) is 2. The molecule has 1 aromatic carbocycles. The Morgan fingerprint density at radius 3 is 2.86 bits per heavy atom. The normalized spacial score (nSPS) is 29.9. The van der Waals surface area contributed by atoms with E-state index in [2.05, 4.69) is 16.3 Å². The second-order valence-electron chi connectivity index (χ2n) is 4.01. The minimum absolute atomic E-state index is 0.552. The molecule has 0 aromatic heterocycles. The maximum Gasteiger partial charge on any atom is 0.0639 e. The molecule has 1 radical (unpaired) electrons. The third kappa shape index (κ3) is 1.22. The van der Waals surface area contributed by atoms with Crippen LogP contribution in [0.15, 0.2) is 24.3 Å². The average molecular weight is 208 g/mol. The van der Waals surface area contributed by atoms with Crippen molar-refractivity contribution >= 4 is 17.3 Å². The van der Waals surface area contributed by atoms with Crippen molar-refractivity contribution in [1.29, 1.82) is 0 Å². The molecule has 2 fully saturated rings. The van der Waals surface area contributed by atoms with E-state index in [4.69, 9.17) is 11.6 Å². The van der Waals surface area contributed by atoms with Gasteiger partial charge in [0.2, 0.25) is 0 Å². The van der Waals surface area contributed by atoms with E-state index in [9.17, 15) is 0 Å². The predicted molar refractivity (Wildman–Crippen MR) is 58.0 cm³/mol. The maximum absolute atomic E-state index is 6.17. The van der Waals surface area contributed by atoms with E-state index in [0.29, 0.717) is 12.1 Å². The lowest BCUT2D eigenvalue weighted by Crippen LogP contribution is -2.40. The number of rotatable bonds is 1. The molecule has 0 saturated carbocycles. The number of anilines is 1. The highest BCUT2D eigenvalue weighted by molar-refractivity contribution is 6.33. The summed E-state index contributed by atoms with van der Waals surface area (Å²) >= 11 is 6.17. The molecule has 3 heteroatoms. The lowest BCUT2D eigenvalue weighted by molar-refractivity contribution is 0.569. The Kier molecular flexibility index (Phi) is 1.92. The fraction of sp³-hybridized carbons (Fsp3) is 0.455. The van der Waals surface area contributed by atoms with E-state index < -0.39 is 0 Å². The molecule has 2 bridgehead atoms. The fourth-order valence-electron chi connectivity index (χ4n) is 2.45. The molecule has 2 aliphatic rings. The standard InChI is InChI=1S/C11H12ClN2/c12-10-3-1-2-4-11(10)14-7-8-5-9(14)6-13-8/h1-4,8-9H,5-7H2/t8-,9-/m0/s1. The lowest BCUT2D eigenvalue weighted by atomic mass is 10.2. The maximum atomic E-state index is 6.17. The molecule has 2 heterocycles. The summed E-state index contributed by atoms with van der Waals surface area (Å²) in [6.45, 7) is 2.03. The molecule has 0 amide bonds. The van der Waals surface area contributed by atoms with Gasteiger partial charge in [-0.2, -0.15) is 0 Å². The van der Waals surface area contributed by atoms with Crippen LogP contribution in [0.3, 0.4) is 0 Å². The van der Waals surface area contributed by atoms with Gasteiger partial charge in [-0.25, -0.2) is 5.32 Å². The number of hydrogen-bond donors (Lipinski definition) is 0. The SMILES string of the molecule is Clc1ccccc1N1C[C@@H]2C[C@H]1C[N]2. The fourth-order valence-corrected chi connectivity index (χ4v) is 2.69. The second kappa shape index (κ2) is 3.14. The van der Waals surface area contributed by atoms with Gasteiger partial charge in [0.15, 0.2) is 0 Å². The summed E-state index contributed by atoms with van der Waals surface area (Å²) in [6, 6.07) is 9.23. The zero-order chi connectivity index (χ0) is 9.54. The number of piperazine rings is 1. The van der Waals surface area contributed by atoms with Gasteiger partial charge in [0.1, 0.15) is 0 Å². The van der Waals surface area contributed by atoms with E-state index in [-0.39, 0.29) is 0 Å². The number of halogens is 1. The summed E-state index contributed by atoms with van der Waals surface area (Å²) in [6.07, 6.45) is 1.21. The van der Waals surface area contributed by atoms with Crippen LogP contribution in [0, 0.1) is 0 Å². The summed E-state index contributed by atoms with van der Waals surface area (Å²) in [5.74, 6) is 0. The van der Waals surface area contributed by atoms with Crippen molar-refractivity contribution in [2.45, 2.75) is 18.5 Å². The smallest absolute Gasteiger partial charge is 0.0639 e. The molecule has 2 nitrogen and oxygen atoms in total. The van der Waals surface area contributed by atoms with Crippen molar-refractivity contribution in [3.05, 3.63) is 29.3 Å². The van der Waals surface area contributed by atoms with Crippen molar-refractivity contribution in [2.75, 3.05) is 18.0 Å². The topological polar surface area (TPSA) is 17.3 Å². The number of para-hydroxylation sites is 1. The van der Waals surface area contributed by atoms with Crippen molar-refractivity contribution < 1.29 is 0 Å². The number of benzene rings is 1. The minimum Gasteiger partial charge on any atom is -0.364 e. The molecule has 2 atom stereocenters. The number of fused-ring (bicyclic) bond motifs is 2. The van der Waals surface area contributed by atoms with E-state index in [1.807, 2.05) is 18.2 Å². The molecule has 2 saturated heterocycles. The van der Waals surface area contributed by atoms with Gasteiger partial charge < -0.3 is 4.90 Å². The van der Waals surface area contributed by atoms with E-state index in [0.717, 1.165) is 18.1 Å². The molecule has 3 rings (SSSR count). The van der Waals surface area contributed by atoms with Crippen molar-refractivity contribution in [3.63, 3.8) is 0 Å². The monoisotopic (exact) mass is 207 g/mol. The predicted octanol–water partition coefficient (Wildman–Crippen LogP) is 1.91. The van der Waals surface area contributed by atoms with Crippen LogP contribution in [0.25, 0.3) is 0 Å². The van der Waals surface area contributed by atoms with E-state index in [1.54, 1.807) is 0 Å². The summed E-state index contributed by atoms with van der Waals surface area (Å²) in [5, 5.41) is 5.39. The van der Waals surface area contributed by atoms with Gasteiger partial charge in [0.25, 0.3) is 0 Å². The number of hydrogen-bond acceptors (Lipinski definition) is 1.